The first kappa shape index (κ1) is 21.6. The number of rotatable bonds is 6. The van der Waals surface area contributed by atoms with Crippen LogP contribution in [0, 0.1) is 0 Å². The van der Waals surface area contributed by atoms with Crippen molar-refractivity contribution in [3.05, 3.63) is 88.9 Å². The lowest BCUT2D eigenvalue weighted by atomic mass is 10.00. The quantitative estimate of drug-likeness (QED) is 0.602. The Hall–Kier alpha value is -3.64. The Balaban J connectivity index is 1.59. The normalized spacial score (nSPS) is 13.1. The van der Waals surface area contributed by atoms with Gasteiger partial charge in [-0.1, -0.05) is 41.9 Å². The maximum atomic E-state index is 12.9. The van der Waals surface area contributed by atoms with E-state index >= 15 is 0 Å². The number of amides is 2. The van der Waals surface area contributed by atoms with Crippen molar-refractivity contribution in [3.8, 4) is 5.75 Å². The lowest BCUT2D eigenvalue weighted by Gasteiger charge is -2.23. The molecule has 1 heterocycles. The van der Waals surface area contributed by atoms with Gasteiger partial charge in [0, 0.05) is 21.8 Å². The zero-order valence-electron chi connectivity index (χ0n) is 17.5. The largest absolute Gasteiger partial charge is 0.494 e. The summed E-state index contributed by atoms with van der Waals surface area (Å²) in [6.45, 7) is 2.27. The van der Waals surface area contributed by atoms with Crippen LogP contribution in [-0.4, -0.2) is 37.2 Å². The molecule has 0 saturated heterocycles. The number of aliphatic imine (C=N–C) groups is 1. The van der Waals surface area contributed by atoms with Crippen LogP contribution >= 0.6 is 11.6 Å². The molecule has 1 N–H and O–H groups in total. The molecule has 0 saturated carbocycles. The summed E-state index contributed by atoms with van der Waals surface area (Å²) >= 11 is 6.27. The average molecular weight is 448 g/mol. The third-order valence-electron chi connectivity index (χ3n) is 4.98. The molecule has 0 aliphatic carbocycles. The smallest absolute Gasteiger partial charge is 0.249 e. The monoisotopic (exact) mass is 447 g/mol. The third-order valence-corrected chi connectivity index (χ3v) is 5.21. The standard InChI is InChI=1S/C25H22ClN3O3/c1-2-32-20-11-9-19(10-12-20)28-23(30)16-29-22-13-8-18(26)14-21(22)25(27-15-24(29)31)17-6-4-3-5-7-17/h3-14H,2,15-16H2,1H3,(H,28,30). The fourth-order valence-electron chi connectivity index (χ4n) is 3.55. The Kier molecular flexibility index (Phi) is 6.52. The highest BCUT2D eigenvalue weighted by Crippen LogP contribution is 2.29. The molecule has 0 radical (unpaired) electrons. The molecule has 0 bridgehead atoms. The van der Waals surface area contributed by atoms with Crippen LogP contribution in [0.4, 0.5) is 11.4 Å². The van der Waals surface area contributed by atoms with Crippen LogP contribution in [0.2, 0.25) is 5.02 Å². The van der Waals surface area contributed by atoms with Crippen LogP contribution in [0.25, 0.3) is 0 Å². The highest BCUT2D eigenvalue weighted by molar-refractivity contribution is 6.32. The van der Waals surface area contributed by atoms with Gasteiger partial charge in [-0.2, -0.15) is 0 Å². The number of halogens is 1. The molecule has 162 valence electrons. The van der Waals surface area contributed by atoms with Crippen LogP contribution in [0.3, 0.4) is 0 Å². The van der Waals surface area contributed by atoms with Crippen LogP contribution in [0.5, 0.6) is 5.75 Å². The summed E-state index contributed by atoms with van der Waals surface area (Å²) in [4.78, 5) is 31.7. The van der Waals surface area contributed by atoms with E-state index in [-0.39, 0.29) is 24.9 Å². The Morgan fingerprint density at radius 2 is 1.84 bits per heavy atom. The van der Waals surface area contributed by atoms with Gasteiger partial charge in [0.1, 0.15) is 18.8 Å². The number of benzodiazepines with no additional fused rings is 1. The van der Waals surface area contributed by atoms with Crippen molar-refractivity contribution in [2.45, 2.75) is 6.92 Å². The second-order valence-electron chi connectivity index (χ2n) is 7.18. The molecule has 7 heteroatoms. The van der Waals surface area contributed by atoms with Gasteiger partial charge in [0.15, 0.2) is 0 Å². The van der Waals surface area contributed by atoms with E-state index in [4.69, 9.17) is 16.3 Å². The number of nitrogens with zero attached hydrogens (tertiary/aromatic N) is 2. The van der Waals surface area contributed by atoms with Gasteiger partial charge in [-0.3, -0.25) is 14.6 Å². The molecule has 0 fully saturated rings. The van der Waals surface area contributed by atoms with Gasteiger partial charge < -0.3 is 15.0 Å². The first-order valence-corrected chi connectivity index (χ1v) is 10.7. The minimum Gasteiger partial charge on any atom is -0.494 e. The van der Waals surface area contributed by atoms with Crippen molar-refractivity contribution in [2.24, 2.45) is 4.99 Å². The van der Waals surface area contributed by atoms with E-state index in [0.29, 0.717) is 34.3 Å². The summed E-state index contributed by atoms with van der Waals surface area (Å²) in [5.74, 6) is 0.150. The van der Waals surface area contributed by atoms with Crippen LogP contribution in [0.15, 0.2) is 77.8 Å². The van der Waals surface area contributed by atoms with E-state index in [1.54, 1.807) is 42.5 Å². The van der Waals surface area contributed by atoms with Crippen molar-refractivity contribution in [1.82, 2.24) is 0 Å². The van der Waals surface area contributed by atoms with Gasteiger partial charge >= 0.3 is 0 Å². The molecule has 0 atom stereocenters. The van der Waals surface area contributed by atoms with E-state index in [0.717, 1.165) is 11.3 Å². The number of anilines is 2. The van der Waals surface area contributed by atoms with Gasteiger partial charge in [-0.05, 0) is 49.4 Å². The zero-order valence-corrected chi connectivity index (χ0v) is 18.3. The Morgan fingerprint density at radius 1 is 1.09 bits per heavy atom. The number of fused-ring (bicyclic) bond motifs is 1. The van der Waals surface area contributed by atoms with Gasteiger partial charge in [0.25, 0.3) is 0 Å². The first-order valence-electron chi connectivity index (χ1n) is 10.3. The second-order valence-corrected chi connectivity index (χ2v) is 7.61. The fraction of sp³-hybridized carbons (Fsp3) is 0.160. The van der Waals surface area contributed by atoms with Crippen LogP contribution in [0.1, 0.15) is 18.1 Å². The number of ether oxygens (including phenoxy) is 1. The van der Waals surface area contributed by atoms with Crippen molar-refractivity contribution in [1.29, 1.82) is 0 Å². The van der Waals surface area contributed by atoms with E-state index < -0.39 is 0 Å². The lowest BCUT2D eigenvalue weighted by Crippen LogP contribution is -2.39. The number of hydrogen-bond donors (Lipinski definition) is 1. The van der Waals surface area contributed by atoms with Crippen molar-refractivity contribution in [3.63, 3.8) is 0 Å². The highest BCUT2D eigenvalue weighted by atomic mass is 35.5. The second kappa shape index (κ2) is 9.66. The Bertz CT molecular complexity index is 1160. The summed E-state index contributed by atoms with van der Waals surface area (Å²) < 4.78 is 5.42. The van der Waals surface area contributed by atoms with Gasteiger partial charge in [0.2, 0.25) is 11.8 Å². The predicted molar refractivity (Wildman–Crippen MR) is 127 cm³/mol. The Labute approximate surface area is 191 Å². The van der Waals surface area contributed by atoms with E-state index in [1.807, 2.05) is 37.3 Å². The maximum Gasteiger partial charge on any atom is 0.249 e. The molecule has 3 aromatic rings. The van der Waals surface area contributed by atoms with Crippen molar-refractivity contribution >= 4 is 40.5 Å². The molecule has 1 aliphatic rings. The van der Waals surface area contributed by atoms with E-state index in [2.05, 4.69) is 10.3 Å². The van der Waals surface area contributed by atoms with Gasteiger partial charge in [0.05, 0.1) is 18.0 Å². The molecule has 32 heavy (non-hydrogen) atoms. The molecule has 4 rings (SSSR count). The number of nitrogens with one attached hydrogen (secondary N) is 1. The third kappa shape index (κ3) is 4.81. The topological polar surface area (TPSA) is 71.0 Å². The van der Waals surface area contributed by atoms with Crippen molar-refractivity contribution in [2.75, 3.05) is 29.9 Å². The minimum absolute atomic E-state index is 0.0626. The number of carbonyl (C=O) groups is 2. The maximum absolute atomic E-state index is 12.9. The molecule has 0 aromatic heterocycles. The SMILES string of the molecule is CCOc1ccc(NC(=O)CN2C(=O)CN=C(c3ccccc3)c3cc(Cl)ccc32)cc1. The summed E-state index contributed by atoms with van der Waals surface area (Å²) in [7, 11) is 0. The van der Waals surface area contributed by atoms with Crippen LogP contribution < -0.4 is 15.0 Å². The summed E-state index contributed by atoms with van der Waals surface area (Å²) in [6.07, 6.45) is 0. The summed E-state index contributed by atoms with van der Waals surface area (Å²) in [5.41, 5.74) is 3.48. The zero-order chi connectivity index (χ0) is 22.5. The predicted octanol–water partition coefficient (Wildman–Crippen LogP) is 4.56. The summed E-state index contributed by atoms with van der Waals surface area (Å²) in [6, 6.07) is 21.9. The fourth-order valence-corrected chi connectivity index (χ4v) is 3.72. The number of benzene rings is 3. The number of carbonyl (C=O) groups excluding carboxylic acids is 2. The average Bonchev–Trinajstić information content (AvgIpc) is 2.92. The first-order chi connectivity index (χ1) is 15.5. The molecule has 2 amide bonds. The van der Waals surface area contributed by atoms with Gasteiger partial charge in [-0.25, -0.2) is 0 Å². The van der Waals surface area contributed by atoms with Crippen molar-refractivity contribution < 1.29 is 14.3 Å². The highest BCUT2D eigenvalue weighted by Gasteiger charge is 2.27. The van der Waals surface area contributed by atoms with E-state index in [1.165, 1.54) is 4.90 Å². The van der Waals surface area contributed by atoms with Gasteiger partial charge in [-0.15, -0.1) is 0 Å². The Morgan fingerprint density at radius 3 is 2.56 bits per heavy atom. The van der Waals surface area contributed by atoms with E-state index in [9.17, 15) is 9.59 Å². The molecule has 0 spiro atoms. The molecular weight excluding hydrogens is 426 g/mol. The molecule has 3 aromatic carbocycles. The lowest BCUT2D eigenvalue weighted by molar-refractivity contribution is -0.120. The summed E-state index contributed by atoms with van der Waals surface area (Å²) in [5, 5.41) is 3.36. The minimum atomic E-state index is -0.313. The van der Waals surface area contributed by atoms with Crippen LogP contribution in [-0.2, 0) is 9.59 Å². The molecule has 6 nitrogen and oxygen atoms in total. The molecule has 1 aliphatic heterocycles. The molecular formula is C25H22ClN3O3. The number of hydrogen-bond acceptors (Lipinski definition) is 4. The molecule has 0 unspecified atom stereocenters.